The number of hydrogen-bond acceptors (Lipinski definition) is 5. The van der Waals surface area contributed by atoms with Crippen molar-refractivity contribution < 1.29 is 19.4 Å². The van der Waals surface area contributed by atoms with Crippen LogP contribution in [0.15, 0.2) is 72.6 Å². The van der Waals surface area contributed by atoms with Crippen molar-refractivity contribution in [3.8, 4) is 5.75 Å². The lowest BCUT2D eigenvalue weighted by Crippen LogP contribution is -2.29. The predicted octanol–water partition coefficient (Wildman–Crippen LogP) is 4.33. The van der Waals surface area contributed by atoms with Gasteiger partial charge in [-0.05, 0) is 66.9 Å². The first kappa shape index (κ1) is 20.3. The average molecular weight is 414 g/mol. The van der Waals surface area contributed by atoms with Crippen molar-refractivity contribution in [1.29, 1.82) is 0 Å². The smallest absolute Gasteiger partial charge is 0.300 e. The zero-order chi connectivity index (χ0) is 22.1. The number of nitrogens with zero attached hydrogens (tertiary/aromatic N) is 2. The number of rotatable bonds is 4. The minimum Gasteiger partial charge on any atom is -0.507 e. The second-order valence-corrected chi connectivity index (χ2v) is 7.50. The summed E-state index contributed by atoms with van der Waals surface area (Å²) < 4.78 is 5.36. The molecule has 1 unspecified atom stereocenters. The molecule has 156 valence electrons. The number of ketones is 1. The van der Waals surface area contributed by atoms with Gasteiger partial charge in [0.2, 0.25) is 0 Å². The molecule has 0 saturated carbocycles. The van der Waals surface area contributed by atoms with Crippen molar-refractivity contribution in [2.45, 2.75) is 19.9 Å². The molecule has 0 spiro atoms. The number of amides is 1. The van der Waals surface area contributed by atoms with E-state index >= 15 is 0 Å². The largest absolute Gasteiger partial charge is 0.507 e. The molecule has 1 saturated heterocycles. The van der Waals surface area contributed by atoms with Crippen molar-refractivity contribution in [3.05, 3.63) is 94.8 Å². The molecule has 1 atom stereocenters. The topological polar surface area (TPSA) is 79.7 Å². The summed E-state index contributed by atoms with van der Waals surface area (Å²) in [6, 6.07) is 15.2. The van der Waals surface area contributed by atoms with E-state index in [0.29, 0.717) is 22.6 Å². The SMILES string of the molecule is COc1ccccc1/C(O)=C1\C(=O)C(=O)N(c2cc(C)cc(C)c2)C1c1ccncc1. The highest BCUT2D eigenvalue weighted by Crippen LogP contribution is 2.43. The molecule has 4 rings (SSSR count). The summed E-state index contributed by atoms with van der Waals surface area (Å²) in [5.74, 6) is -1.30. The van der Waals surface area contributed by atoms with Crippen LogP contribution in [-0.2, 0) is 9.59 Å². The molecule has 1 N–H and O–H groups in total. The summed E-state index contributed by atoms with van der Waals surface area (Å²) in [6.07, 6.45) is 3.19. The van der Waals surface area contributed by atoms with E-state index in [9.17, 15) is 14.7 Å². The lowest BCUT2D eigenvalue weighted by Gasteiger charge is -2.26. The number of anilines is 1. The number of pyridine rings is 1. The first-order chi connectivity index (χ1) is 14.9. The number of hydrogen-bond donors (Lipinski definition) is 1. The number of Topliss-reactive ketones (excluding diaryl/α,β-unsaturated/α-hetero) is 1. The van der Waals surface area contributed by atoms with Gasteiger partial charge in [-0.15, -0.1) is 0 Å². The minimum absolute atomic E-state index is 0.0138. The molecule has 1 amide bonds. The fraction of sp³-hybridized carbons (Fsp3) is 0.160. The van der Waals surface area contributed by atoms with Gasteiger partial charge >= 0.3 is 0 Å². The number of carbonyl (C=O) groups excluding carboxylic acids is 2. The van der Waals surface area contributed by atoms with Gasteiger partial charge in [-0.3, -0.25) is 19.5 Å². The highest BCUT2D eigenvalue weighted by atomic mass is 16.5. The number of benzene rings is 2. The summed E-state index contributed by atoms with van der Waals surface area (Å²) in [6.45, 7) is 3.87. The van der Waals surface area contributed by atoms with Gasteiger partial charge in [-0.1, -0.05) is 18.2 Å². The molecule has 3 aromatic rings. The summed E-state index contributed by atoms with van der Waals surface area (Å²) in [5.41, 5.74) is 3.57. The lowest BCUT2D eigenvalue weighted by molar-refractivity contribution is -0.132. The van der Waals surface area contributed by atoms with Crippen molar-refractivity contribution in [3.63, 3.8) is 0 Å². The summed E-state index contributed by atoms with van der Waals surface area (Å²) in [5, 5.41) is 11.2. The fourth-order valence-electron chi connectivity index (χ4n) is 4.04. The second kappa shape index (κ2) is 8.07. The van der Waals surface area contributed by atoms with Crippen LogP contribution in [0.25, 0.3) is 5.76 Å². The highest BCUT2D eigenvalue weighted by Gasteiger charge is 2.47. The van der Waals surface area contributed by atoms with Crippen LogP contribution in [0.2, 0.25) is 0 Å². The van der Waals surface area contributed by atoms with Crippen LogP contribution in [-0.4, -0.2) is 28.9 Å². The number of aromatic nitrogens is 1. The first-order valence-electron chi connectivity index (χ1n) is 9.85. The molecule has 0 radical (unpaired) electrons. The number of para-hydroxylation sites is 1. The quantitative estimate of drug-likeness (QED) is 0.390. The number of carbonyl (C=O) groups is 2. The van der Waals surface area contributed by atoms with E-state index in [0.717, 1.165) is 11.1 Å². The number of aryl methyl sites for hydroxylation is 2. The highest BCUT2D eigenvalue weighted by molar-refractivity contribution is 6.51. The molecule has 0 bridgehead atoms. The van der Waals surface area contributed by atoms with Crippen LogP contribution >= 0.6 is 0 Å². The van der Waals surface area contributed by atoms with E-state index in [1.165, 1.54) is 12.0 Å². The minimum atomic E-state index is -0.797. The fourth-order valence-corrected chi connectivity index (χ4v) is 4.04. The summed E-state index contributed by atoms with van der Waals surface area (Å²) in [7, 11) is 1.49. The third-order valence-corrected chi connectivity index (χ3v) is 5.31. The maximum atomic E-state index is 13.2. The number of aliphatic hydroxyl groups is 1. The van der Waals surface area contributed by atoms with Crippen LogP contribution in [0.5, 0.6) is 5.75 Å². The Kier molecular flexibility index (Phi) is 5.29. The third-order valence-electron chi connectivity index (χ3n) is 5.31. The maximum absolute atomic E-state index is 13.2. The number of methoxy groups -OCH3 is 1. The van der Waals surface area contributed by atoms with E-state index in [2.05, 4.69) is 4.98 Å². The van der Waals surface area contributed by atoms with Crippen molar-refractivity contribution in [1.82, 2.24) is 4.98 Å². The third kappa shape index (κ3) is 3.57. The Hall–Kier alpha value is -3.93. The van der Waals surface area contributed by atoms with Gasteiger partial charge in [-0.2, -0.15) is 0 Å². The van der Waals surface area contributed by atoms with Crippen molar-refractivity contribution >= 4 is 23.1 Å². The molecule has 6 nitrogen and oxygen atoms in total. The first-order valence-corrected chi connectivity index (χ1v) is 9.85. The Morgan fingerprint density at radius 1 is 1.00 bits per heavy atom. The summed E-state index contributed by atoms with van der Waals surface area (Å²) >= 11 is 0. The van der Waals surface area contributed by atoms with Crippen LogP contribution in [0, 0.1) is 13.8 Å². The molecule has 6 heteroatoms. The number of aliphatic hydroxyl groups excluding tert-OH is 1. The Labute approximate surface area is 180 Å². The monoisotopic (exact) mass is 414 g/mol. The molecule has 31 heavy (non-hydrogen) atoms. The zero-order valence-corrected chi connectivity index (χ0v) is 17.5. The van der Waals surface area contributed by atoms with Crippen molar-refractivity contribution in [2.24, 2.45) is 0 Å². The van der Waals surface area contributed by atoms with Gasteiger partial charge in [0.15, 0.2) is 0 Å². The second-order valence-electron chi connectivity index (χ2n) is 7.50. The van der Waals surface area contributed by atoms with Crippen LogP contribution in [0.1, 0.15) is 28.3 Å². The van der Waals surface area contributed by atoms with Gasteiger partial charge in [0, 0.05) is 18.1 Å². The molecular formula is C25H22N2O4. The Morgan fingerprint density at radius 2 is 1.65 bits per heavy atom. The lowest BCUT2D eigenvalue weighted by atomic mass is 9.95. The van der Waals surface area contributed by atoms with Gasteiger partial charge in [0.25, 0.3) is 11.7 Å². The van der Waals surface area contributed by atoms with E-state index in [1.54, 1.807) is 48.8 Å². The summed E-state index contributed by atoms with van der Waals surface area (Å²) in [4.78, 5) is 31.9. The van der Waals surface area contributed by atoms with Gasteiger partial charge < -0.3 is 9.84 Å². The molecule has 1 aromatic heterocycles. The molecule has 2 aromatic carbocycles. The maximum Gasteiger partial charge on any atom is 0.300 e. The zero-order valence-electron chi connectivity index (χ0n) is 17.5. The molecule has 0 aliphatic carbocycles. The van der Waals surface area contributed by atoms with E-state index in [-0.39, 0.29) is 11.3 Å². The molecule has 1 aliphatic rings. The molecule has 2 heterocycles. The normalized spacial score (nSPS) is 17.8. The van der Waals surface area contributed by atoms with E-state index < -0.39 is 17.7 Å². The standard InChI is InChI=1S/C25H22N2O4/c1-15-12-16(2)14-18(13-15)27-22(17-8-10-26-11-9-17)21(24(29)25(27)30)23(28)19-6-4-5-7-20(19)31-3/h4-14,22,28H,1-3H3/b23-21+. The Balaban J connectivity index is 1.98. The van der Waals surface area contributed by atoms with Gasteiger partial charge in [0.1, 0.15) is 11.5 Å². The van der Waals surface area contributed by atoms with Crippen LogP contribution in [0.4, 0.5) is 5.69 Å². The Morgan fingerprint density at radius 3 is 2.29 bits per heavy atom. The molecular weight excluding hydrogens is 392 g/mol. The average Bonchev–Trinajstić information content (AvgIpc) is 3.04. The van der Waals surface area contributed by atoms with Crippen LogP contribution < -0.4 is 9.64 Å². The molecule has 1 aliphatic heterocycles. The predicted molar refractivity (Wildman–Crippen MR) is 118 cm³/mol. The molecule has 1 fully saturated rings. The van der Waals surface area contributed by atoms with Crippen LogP contribution in [0.3, 0.4) is 0 Å². The van der Waals surface area contributed by atoms with Crippen molar-refractivity contribution in [2.75, 3.05) is 12.0 Å². The van der Waals surface area contributed by atoms with E-state index in [1.807, 2.05) is 32.0 Å². The van der Waals surface area contributed by atoms with Gasteiger partial charge in [0.05, 0.1) is 24.3 Å². The van der Waals surface area contributed by atoms with E-state index in [4.69, 9.17) is 4.74 Å². The van der Waals surface area contributed by atoms with Gasteiger partial charge in [-0.25, -0.2) is 0 Å². The number of ether oxygens (including phenoxy) is 1. The Bertz CT molecular complexity index is 1180.